The lowest BCUT2D eigenvalue weighted by molar-refractivity contribution is -0.0495. The monoisotopic (exact) mass is 199 g/mol. The van der Waals surface area contributed by atoms with E-state index in [-0.39, 0.29) is 5.60 Å². The first kappa shape index (κ1) is 12.0. The maximum atomic E-state index is 5.82. The highest BCUT2D eigenvalue weighted by Crippen LogP contribution is 2.37. The maximum Gasteiger partial charge on any atom is 0.0803 e. The molecule has 1 aliphatic rings. The molecule has 0 radical (unpaired) electrons. The van der Waals surface area contributed by atoms with Crippen LogP contribution in [0.15, 0.2) is 0 Å². The molecular formula is C12H25NO. The molecule has 2 unspecified atom stereocenters. The third kappa shape index (κ3) is 2.96. The van der Waals surface area contributed by atoms with Gasteiger partial charge in [-0.1, -0.05) is 26.7 Å². The minimum absolute atomic E-state index is 0.00218. The van der Waals surface area contributed by atoms with Gasteiger partial charge in [0.05, 0.1) is 5.60 Å². The molecule has 1 aliphatic carbocycles. The van der Waals surface area contributed by atoms with E-state index >= 15 is 0 Å². The standard InChI is InChI=1S/C12H25NO/c1-10(2)7-11-5-4-6-12(8-11,9-13)14-3/h10-11H,4-9,13H2,1-3H3. The summed E-state index contributed by atoms with van der Waals surface area (Å²) in [6.07, 6.45) is 6.28. The zero-order valence-electron chi connectivity index (χ0n) is 9.88. The Balaban J connectivity index is 2.49. The molecule has 1 saturated carbocycles. The predicted molar refractivity (Wildman–Crippen MR) is 60.2 cm³/mol. The summed E-state index contributed by atoms with van der Waals surface area (Å²) in [5, 5.41) is 0. The molecule has 2 N–H and O–H groups in total. The summed E-state index contributed by atoms with van der Waals surface area (Å²) in [5.74, 6) is 1.62. The zero-order chi connectivity index (χ0) is 10.6. The van der Waals surface area contributed by atoms with E-state index < -0.39 is 0 Å². The average molecular weight is 199 g/mol. The molecule has 0 aromatic carbocycles. The Hall–Kier alpha value is -0.0800. The van der Waals surface area contributed by atoms with Crippen LogP contribution in [-0.2, 0) is 4.74 Å². The van der Waals surface area contributed by atoms with Gasteiger partial charge >= 0.3 is 0 Å². The van der Waals surface area contributed by atoms with Gasteiger partial charge in [0, 0.05) is 13.7 Å². The topological polar surface area (TPSA) is 35.2 Å². The van der Waals surface area contributed by atoms with Crippen LogP contribution < -0.4 is 5.73 Å². The molecule has 0 aliphatic heterocycles. The van der Waals surface area contributed by atoms with Gasteiger partial charge < -0.3 is 10.5 Å². The van der Waals surface area contributed by atoms with Gasteiger partial charge in [0.25, 0.3) is 0 Å². The Morgan fingerprint density at radius 1 is 1.50 bits per heavy atom. The van der Waals surface area contributed by atoms with Crippen molar-refractivity contribution in [2.24, 2.45) is 17.6 Å². The summed E-state index contributed by atoms with van der Waals surface area (Å²) in [4.78, 5) is 0. The van der Waals surface area contributed by atoms with Crippen LogP contribution >= 0.6 is 0 Å². The smallest absolute Gasteiger partial charge is 0.0803 e. The van der Waals surface area contributed by atoms with E-state index in [0.29, 0.717) is 6.54 Å². The Bertz CT molecular complexity index is 164. The van der Waals surface area contributed by atoms with Crippen molar-refractivity contribution in [3.63, 3.8) is 0 Å². The lowest BCUT2D eigenvalue weighted by Gasteiger charge is -2.39. The number of methoxy groups -OCH3 is 1. The normalized spacial score (nSPS) is 33.6. The zero-order valence-corrected chi connectivity index (χ0v) is 9.88. The van der Waals surface area contributed by atoms with Gasteiger partial charge in [0.2, 0.25) is 0 Å². The fourth-order valence-electron chi connectivity index (χ4n) is 2.77. The van der Waals surface area contributed by atoms with Crippen molar-refractivity contribution in [3.05, 3.63) is 0 Å². The third-order valence-electron chi connectivity index (χ3n) is 3.52. The molecule has 1 fully saturated rings. The van der Waals surface area contributed by atoms with Gasteiger partial charge in [0.15, 0.2) is 0 Å². The fourth-order valence-corrected chi connectivity index (χ4v) is 2.77. The number of rotatable bonds is 4. The molecule has 0 bridgehead atoms. The molecular weight excluding hydrogens is 174 g/mol. The van der Waals surface area contributed by atoms with Crippen molar-refractivity contribution in [2.45, 2.75) is 51.6 Å². The largest absolute Gasteiger partial charge is 0.377 e. The summed E-state index contributed by atoms with van der Waals surface area (Å²) in [6, 6.07) is 0. The van der Waals surface area contributed by atoms with Crippen LogP contribution in [0.25, 0.3) is 0 Å². The second-order valence-corrected chi connectivity index (χ2v) is 5.18. The van der Waals surface area contributed by atoms with Crippen LogP contribution in [0.3, 0.4) is 0 Å². The van der Waals surface area contributed by atoms with E-state index in [1.54, 1.807) is 0 Å². The molecule has 2 atom stereocenters. The van der Waals surface area contributed by atoms with Gasteiger partial charge in [-0.3, -0.25) is 0 Å². The maximum absolute atomic E-state index is 5.82. The van der Waals surface area contributed by atoms with Crippen LogP contribution in [-0.4, -0.2) is 19.3 Å². The van der Waals surface area contributed by atoms with Crippen molar-refractivity contribution in [3.8, 4) is 0 Å². The summed E-state index contributed by atoms with van der Waals surface area (Å²) < 4.78 is 5.61. The van der Waals surface area contributed by atoms with Gasteiger partial charge in [-0.15, -0.1) is 0 Å². The molecule has 0 aromatic heterocycles. The van der Waals surface area contributed by atoms with Crippen LogP contribution in [0.2, 0.25) is 0 Å². The predicted octanol–water partition coefficient (Wildman–Crippen LogP) is 2.57. The van der Waals surface area contributed by atoms with Crippen molar-refractivity contribution in [2.75, 3.05) is 13.7 Å². The van der Waals surface area contributed by atoms with Gasteiger partial charge in [0.1, 0.15) is 0 Å². The Kier molecular flexibility index (Phi) is 4.39. The van der Waals surface area contributed by atoms with Crippen molar-refractivity contribution >= 4 is 0 Å². The van der Waals surface area contributed by atoms with E-state index in [2.05, 4.69) is 13.8 Å². The summed E-state index contributed by atoms with van der Waals surface area (Å²) >= 11 is 0. The first-order chi connectivity index (χ1) is 6.62. The van der Waals surface area contributed by atoms with E-state index in [1.807, 2.05) is 7.11 Å². The van der Waals surface area contributed by atoms with Crippen LogP contribution in [0.1, 0.15) is 46.0 Å². The molecule has 2 nitrogen and oxygen atoms in total. The van der Waals surface area contributed by atoms with E-state index in [9.17, 15) is 0 Å². The SMILES string of the molecule is COC1(CN)CCCC(CC(C)C)C1. The highest BCUT2D eigenvalue weighted by atomic mass is 16.5. The third-order valence-corrected chi connectivity index (χ3v) is 3.52. The number of hydrogen-bond donors (Lipinski definition) is 1. The molecule has 1 rings (SSSR count). The van der Waals surface area contributed by atoms with Gasteiger partial charge in [-0.25, -0.2) is 0 Å². The summed E-state index contributed by atoms with van der Waals surface area (Å²) in [7, 11) is 1.81. The summed E-state index contributed by atoms with van der Waals surface area (Å²) in [5.41, 5.74) is 5.81. The lowest BCUT2D eigenvalue weighted by Crippen LogP contribution is -2.44. The number of hydrogen-bond acceptors (Lipinski definition) is 2. The quantitative estimate of drug-likeness (QED) is 0.755. The van der Waals surface area contributed by atoms with Crippen LogP contribution in [0.5, 0.6) is 0 Å². The lowest BCUT2D eigenvalue weighted by atomic mass is 9.75. The Morgan fingerprint density at radius 3 is 2.71 bits per heavy atom. The molecule has 84 valence electrons. The van der Waals surface area contributed by atoms with Crippen LogP contribution in [0, 0.1) is 11.8 Å². The molecule has 0 amide bonds. The minimum atomic E-state index is -0.00218. The first-order valence-electron chi connectivity index (χ1n) is 5.87. The summed E-state index contributed by atoms with van der Waals surface area (Å²) in [6.45, 7) is 5.27. The Morgan fingerprint density at radius 2 is 2.21 bits per heavy atom. The van der Waals surface area contributed by atoms with Crippen molar-refractivity contribution in [1.29, 1.82) is 0 Å². The van der Waals surface area contributed by atoms with Crippen molar-refractivity contribution < 1.29 is 4.74 Å². The highest BCUT2D eigenvalue weighted by molar-refractivity contribution is 4.88. The van der Waals surface area contributed by atoms with Crippen molar-refractivity contribution in [1.82, 2.24) is 0 Å². The van der Waals surface area contributed by atoms with E-state index in [1.165, 1.54) is 19.3 Å². The molecule has 0 spiro atoms. The molecule has 2 heteroatoms. The average Bonchev–Trinajstić information content (AvgIpc) is 2.17. The first-order valence-corrected chi connectivity index (χ1v) is 5.87. The second kappa shape index (κ2) is 5.13. The molecule has 0 heterocycles. The fraction of sp³-hybridized carbons (Fsp3) is 1.00. The van der Waals surface area contributed by atoms with Gasteiger partial charge in [-0.05, 0) is 31.1 Å². The van der Waals surface area contributed by atoms with Crippen LogP contribution in [0.4, 0.5) is 0 Å². The molecule has 0 aromatic rings. The second-order valence-electron chi connectivity index (χ2n) is 5.18. The molecule has 14 heavy (non-hydrogen) atoms. The number of ether oxygens (including phenoxy) is 1. The van der Waals surface area contributed by atoms with E-state index in [0.717, 1.165) is 24.7 Å². The Labute approximate surface area is 88.2 Å². The minimum Gasteiger partial charge on any atom is -0.377 e. The van der Waals surface area contributed by atoms with E-state index in [4.69, 9.17) is 10.5 Å². The highest BCUT2D eigenvalue weighted by Gasteiger charge is 2.35. The number of nitrogens with two attached hydrogens (primary N) is 1. The molecule has 0 saturated heterocycles. The van der Waals surface area contributed by atoms with Gasteiger partial charge in [-0.2, -0.15) is 0 Å².